The van der Waals surface area contributed by atoms with E-state index in [0.717, 1.165) is 5.56 Å². The molecule has 0 aliphatic rings. The van der Waals surface area contributed by atoms with Gasteiger partial charge in [0, 0.05) is 10.6 Å². The van der Waals surface area contributed by atoms with Crippen LogP contribution in [0.1, 0.15) is 18.5 Å². The van der Waals surface area contributed by atoms with Gasteiger partial charge >= 0.3 is 0 Å². The first kappa shape index (κ1) is 17.6. The van der Waals surface area contributed by atoms with E-state index in [9.17, 15) is 4.79 Å². The number of hydrogen-bond donors (Lipinski definition) is 2. The van der Waals surface area contributed by atoms with E-state index in [1.54, 1.807) is 31.4 Å². The summed E-state index contributed by atoms with van der Waals surface area (Å²) < 4.78 is 5.21. The zero-order valence-electron chi connectivity index (χ0n) is 13.0. The van der Waals surface area contributed by atoms with Crippen molar-refractivity contribution in [1.29, 1.82) is 0 Å². The van der Waals surface area contributed by atoms with Crippen LogP contribution in [0.4, 0.5) is 5.69 Å². The molecule has 2 rings (SSSR count). The second-order valence-corrected chi connectivity index (χ2v) is 5.99. The molecule has 4 nitrogen and oxygen atoms in total. The Morgan fingerprint density at radius 1 is 1.26 bits per heavy atom. The molecule has 0 bridgehead atoms. The number of rotatable bonds is 6. The van der Waals surface area contributed by atoms with E-state index in [1.165, 1.54) is 0 Å². The average Bonchev–Trinajstić information content (AvgIpc) is 2.53. The quantitative estimate of drug-likeness (QED) is 0.837. The molecular weight excluding hydrogens is 335 g/mol. The van der Waals surface area contributed by atoms with E-state index in [-0.39, 0.29) is 18.5 Å². The second-order valence-electron chi connectivity index (χ2n) is 5.14. The molecule has 1 amide bonds. The summed E-state index contributed by atoms with van der Waals surface area (Å²) in [5.41, 5.74) is 1.60. The van der Waals surface area contributed by atoms with Gasteiger partial charge in [0.05, 0.1) is 17.8 Å². The van der Waals surface area contributed by atoms with Crippen LogP contribution in [0.3, 0.4) is 0 Å². The number of hydrogen-bond acceptors (Lipinski definition) is 2. The Morgan fingerprint density at radius 3 is 2.70 bits per heavy atom. The summed E-state index contributed by atoms with van der Waals surface area (Å²) in [6.45, 7) is 2.27. The van der Waals surface area contributed by atoms with E-state index in [1.807, 2.05) is 30.4 Å². The molecule has 122 valence electrons. The number of benzene rings is 2. The SMILES string of the molecule is COc1ccccc1NC(=O)C[NH2+][C@H](C)c1ccc(Cl)cc1Cl. The minimum Gasteiger partial charge on any atom is -0.495 e. The third kappa shape index (κ3) is 4.86. The molecule has 2 aromatic carbocycles. The highest BCUT2D eigenvalue weighted by Crippen LogP contribution is 2.24. The summed E-state index contributed by atoms with van der Waals surface area (Å²) >= 11 is 12.1. The van der Waals surface area contributed by atoms with Crippen molar-refractivity contribution < 1.29 is 14.8 Å². The Kier molecular flexibility index (Phi) is 6.28. The molecule has 0 heterocycles. The maximum Gasteiger partial charge on any atom is 0.279 e. The van der Waals surface area contributed by atoms with Gasteiger partial charge < -0.3 is 15.4 Å². The van der Waals surface area contributed by atoms with Crippen molar-refractivity contribution in [1.82, 2.24) is 0 Å². The number of methoxy groups -OCH3 is 1. The molecule has 3 N–H and O–H groups in total. The van der Waals surface area contributed by atoms with Gasteiger partial charge in [-0.3, -0.25) is 4.79 Å². The first-order valence-corrected chi connectivity index (χ1v) is 7.98. The van der Waals surface area contributed by atoms with Gasteiger partial charge in [-0.15, -0.1) is 0 Å². The van der Waals surface area contributed by atoms with E-state index >= 15 is 0 Å². The van der Waals surface area contributed by atoms with Crippen LogP contribution in [0.25, 0.3) is 0 Å². The monoisotopic (exact) mass is 353 g/mol. The highest BCUT2D eigenvalue weighted by Gasteiger charge is 2.15. The lowest BCUT2D eigenvalue weighted by atomic mass is 10.1. The molecule has 1 atom stereocenters. The van der Waals surface area contributed by atoms with E-state index < -0.39 is 0 Å². The minimum absolute atomic E-state index is 0.0446. The molecule has 2 aromatic rings. The van der Waals surface area contributed by atoms with Crippen molar-refractivity contribution in [3.8, 4) is 5.75 Å². The largest absolute Gasteiger partial charge is 0.495 e. The molecule has 0 unspecified atom stereocenters. The molecular formula is C17H19Cl2N2O2+. The fraction of sp³-hybridized carbons (Fsp3) is 0.235. The smallest absolute Gasteiger partial charge is 0.279 e. The predicted molar refractivity (Wildman–Crippen MR) is 93.3 cm³/mol. The number of halogens is 2. The molecule has 0 saturated carbocycles. The summed E-state index contributed by atoms with van der Waals surface area (Å²) in [4.78, 5) is 12.1. The zero-order valence-corrected chi connectivity index (χ0v) is 14.5. The Morgan fingerprint density at radius 2 is 2.00 bits per heavy atom. The van der Waals surface area contributed by atoms with Crippen LogP contribution in [0, 0.1) is 0 Å². The van der Waals surface area contributed by atoms with E-state index in [0.29, 0.717) is 21.5 Å². The van der Waals surface area contributed by atoms with Gasteiger partial charge in [-0.2, -0.15) is 0 Å². The summed E-state index contributed by atoms with van der Waals surface area (Å²) in [5, 5.41) is 5.96. The number of nitrogens with one attached hydrogen (secondary N) is 1. The Bertz CT molecular complexity index is 692. The van der Waals surface area contributed by atoms with Crippen LogP contribution >= 0.6 is 23.2 Å². The first-order chi connectivity index (χ1) is 11.0. The Hall–Kier alpha value is -1.75. The topological polar surface area (TPSA) is 54.9 Å². The lowest BCUT2D eigenvalue weighted by Crippen LogP contribution is -2.86. The van der Waals surface area contributed by atoms with Crippen molar-refractivity contribution in [3.05, 3.63) is 58.1 Å². The van der Waals surface area contributed by atoms with Crippen molar-refractivity contribution in [2.45, 2.75) is 13.0 Å². The molecule has 0 radical (unpaired) electrons. The van der Waals surface area contributed by atoms with Crippen molar-refractivity contribution in [3.63, 3.8) is 0 Å². The molecule has 0 aliphatic heterocycles. The molecule has 0 aliphatic carbocycles. The van der Waals surface area contributed by atoms with Gasteiger partial charge in [0.25, 0.3) is 5.91 Å². The van der Waals surface area contributed by atoms with Gasteiger partial charge in [0.1, 0.15) is 11.8 Å². The maximum absolute atomic E-state index is 12.1. The highest BCUT2D eigenvalue weighted by atomic mass is 35.5. The number of carbonyl (C=O) groups is 1. The van der Waals surface area contributed by atoms with Crippen molar-refractivity contribution >= 4 is 34.8 Å². The molecule has 0 spiro atoms. The van der Waals surface area contributed by atoms with Gasteiger partial charge in [-0.05, 0) is 31.2 Å². The summed E-state index contributed by atoms with van der Waals surface area (Å²) in [7, 11) is 1.57. The van der Waals surface area contributed by atoms with Crippen LogP contribution < -0.4 is 15.4 Å². The average molecular weight is 354 g/mol. The third-order valence-electron chi connectivity index (χ3n) is 3.49. The number of anilines is 1. The van der Waals surface area contributed by atoms with Crippen molar-refractivity contribution in [2.24, 2.45) is 0 Å². The molecule has 6 heteroatoms. The number of ether oxygens (including phenoxy) is 1. The lowest BCUT2D eigenvalue weighted by molar-refractivity contribution is -0.682. The third-order valence-corrected chi connectivity index (χ3v) is 4.05. The standard InChI is InChI=1S/C17H18Cl2N2O2/c1-11(13-8-7-12(18)9-14(13)19)20-10-17(22)21-15-5-3-4-6-16(15)23-2/h3-9,11,20H,10H2,1-2H3,(H,21,22)/p+1/t11-/m1/s1. The summed E-state index contributed by atoms with van der Waals surface area (Å²) in [6.07, 6.45) is 0. The minimum atomic E-state index is -0.105. The van der Waals surface area contributed by atoms with Gasteiger partial charge in [-0.1, -0.05) is 41.4 Å². The molecule has 0 saturated heterocycles. The summed E-state index contributed by atoms with van der Waals surface area (Å²) in [6, 6.07) is 12.7. The number of carbonyl (C=O) groups excluding carboxylic acids is 1. The lowest BCUT2D eigenvalue weighted by Gasteiger charge is -2.13. The Balaban J connectivity index is 1.93. The Labute approximate surface area is 145 Å². The normalized spacial score (nSPS) is 11.8. The van der Waals surface area contributed by atoms with Gasteiger partial charge in [0.15, 0.2) is 6.54 Å². The second kappa shape index (κ2) is 8.20. The summed E-state index contributed by atoms with van der Waals surface area (Å²) in [5.74, 6) is 0.529. The molecule has 0 fully saturated rings. The van der Waals surface area contributed by atoms with Crippen LogP contribution in [-0.2, 0) is 4.79 Å². The number of nitrogens with two attached hydrogens (primary N) is 1. The number of quaternary nitrogens is 1. The predicted octanol–water partition coefficient (Wildman–Crippen LogP) is 3.27. The van der Waals surface area contributed by atoms with Crippen LogP contribution in [0.2, 0.25) is 10.0 Å². The number of amides is 1. The van der Waals surface area contributed by atoms with Crippen LogP contribution in [0.5, 0.6) is 5.75 Å². The van der Waals surface area contributed by atoms with Crippen LogP contribution in [-0.4, -0.2) is 19.6 Å². The van der Waals surface area contributed by atoms with E-state index in [4.69, 9.17) is 27.9 Å². The van der Waals surface area contributed by atoms with Gasteiger partial charge in [0.2, 0.25) is 0 Å². The fourth-order valence-electron chi connectivity index (χ4n) is 2.23. The highest BCUT2D eigenvalue weighted by molar-refractivity contribution is 6.35. The first-order valence-electron chi connectivity index (χ1n) is 7.22. The zero-order chi connectivity index (χ0) is 16.8. The number of para-hydroxylation sites is 2. The van der Waals surface area contributed by atoms with Crippen molar-refractivity contribution in [2.75, 3.05) is 19.0 Å². The van der Waals surface area contributed by atoms with Gasteiger partial charge in [-0.25, -0.2) is 0 Å². The molecule has 23 heavy (non-hydrogen) atoms. The van der Waals surface area contributed by atoms with E-state index in [2.05, 4.69) is 5.32 Å². The fourth-order valence-corrected chi connectivity index (χ4v) is 2.81. The van der Waals surface area contributed by atoms with Crippen LogP contribution in [0.15, 0.2) is 42.5 Å². The molecule has 0 aromatic heterocycles. The maximum atomic E-state index is 12.1.